The molecule has 1 aliphatic carbocycles. The van der Waals surface area contributed by atoms with Crippen LogP contribution in [-0.4, -0.2) is 20.6 Å². The normalized spacial score (nSPS) is 18.0. The van der Waals surface area contributed by atoms with Crippen LogP contribution in [0.2, 0.25) is 0 Å². The second-order valence-corrected chi connectivity index (χ2v) is 5.21. The van der Waals surface area contributed by atoms with Gasteiger partial charge in [0.25, 0.3) is 0 Å². The molecule has 1 atom stereocenters. The summed E-state index contributed by atoms with van der Waals surface area (Å²) in [5, 5.41) is 9.22. The number of aromatic amines is 1. The number of H-pyrrole nitrogens is 1. The third-order valence-electron chi connectivity index (χ3n) is 3.72. The Morgan fingerprint density at radius 3 is 2.84 bits per heavy atom. The van der Waals surface area contributed by atoms with E-state index in [0.29, 0.717) is 4.77 Å². The lowest BCUT2D eigenvalue weighted by Gasteiger charge is -2.26. The molecule has 0 amide bonds. The van der Waals surface area contributed by atoms with E-state index in [1.54, 1.807) is 4.57 Å². The fourth-order valence-electron chi connectivity index (χ4n) is 2.80. The molecule has 0 saturated heterocycles. The van der Waals surface area contributed by atoms with E-state index in [1.807, 2.05) is 12.1 Å². The van der Waals surface area contributed by atoms with Gasteiger partial charge in [0.15, 0.2) is 4.77 Å². The van der Waals surface area contributed by atoms with E-state index in [2.05, 4.69) is 17.1 Å². The van der Waals surface area contributed by atoms with Crippen molar-refractivity contribution >= 4 is 18.2 Å². The Morgan fingerprint density at radius 1 is 1.37 bits per heavy atom. The maximum Gasteiger partial charge on any atom is 0.354 e. The third-order valence-corrected chi connectivity index (χ3v) is 4.03. The first kappa shape index (κ1) is 12.2. The standard InChI is InChI=1S/C14H14N2O2S/c17-13(18)12-8-15-14(19)16(12)11-6-5-9-3-1-2-4-10(9)7-11/h1-4,8,11H,5-7H2,(H,15,19)(H,17,18). The quantitative estimate of drug-likeness (QED) is 0.828. The van der Waals surface area contributed by atoms with Crippen molar-refractivity contribution in [2.75, 3.05) is 0 Å². The van der Waals surface area contributed by atoms with Gasteiger partial charge in [0.2, 0.25) is 0 Å². The number of nitrogens with one attached hydrogen (secondary N) is 1. The van der Waals surface area contributed by atoms with Crippen LogP contribution in [0, 0.1) is 4.77 Å². The van der Waals surface area contributed by atoms with Crippen molar-refractivity contribution in [3.05, 3.63) is 52.1 Å². The molecule has 2 N–H and O–H groups in total. The number of carboxylic acids is 1. The van der Waals surface area contributed by atoms with Crippen LogP contribution in [0.3, 0.4) is 0 Å². The van der Waals surface area contributed by atoms with E-state index < -0.39 is 5.97 Å². The molecule has 0 spiro atoms. The van der Waals surface area contributed by atoms with Gasteiger partial charge in [-0.25, -0.2) is 4.79 Å². The van der Waals surface area contributed by atoms with Gasteiger partial charge in [-0.3, -0.25) is 0 Å². The van der Waals surface area contributed by atoms with Crippen molar-refractivity contribution in [3.8, 4) is 0 Å². The van der Waals surface area contributed by atoms with Gasteiger partial charge in [-0.15, -0.1) is 0 Å². The van der Waals surface area contributed by atoms with Crippen LogP contribution < -0.4 is 0 Å². The Morgan fingerprint density at radius 2 is 2.11 bits per heavy atom. The van der Waals surface area contributed by atoms with Crippen molar-refractivity contribution < 1.29 is 9.90 Å². The molecule has 0 fully saturated rings. The van der Waals surface area contributed by atoms with E-state index in [0.717, 1.165) is 19.3 Å². The summed E-state index contributed by atoms with van der Waals surface area (Å²) in [4.78, 5) is 14.1. The van der Waals surface area contributed by atoms with Gasteiger partial charge >= 0.3 is 5.97 Å². The van der Waals surface area contributed by atoms with Crippen LogP contribution in [0.25, 0.3) is 0 Å². The number of hydrogen-bond acceptors (Lipinski definition) is 2. The van der Waals surface area contributed by atoms with Crippen LogP contribution in [0.5, 0.6) is 0 Å². The molecule has 0 bridgehead atoms. The van der Waals surface area contributed by atoms with E-state index in [-0.39, 0.29) is 11.7 Å². The summed E-state index contributed by atoms with van der Waals surface area (Å²) in [7, 11) is 0. The fraction of sp³-hybridized carbons (Fsp3) is 0.286. The largest absolute Gasteiger partial charge is 0.477 e. The Hall–Kier alpha value is -1.88. The molecule has 4 nitrogen and oxygen atoms in total. The lowest BCUT2D eigenvalue weighted by Crippen LogP contribution is -2.21. The van der Waals surface area contributed by atoms with Gasteiger partial charge < -0.3 is 14.7 Å². The Kier molecular flexibility index (Phi) is 2.98. The molecule has 0 radical (unpaired) electrons. The number of aryl methyl sites for hydroxylation is 1. The minimum Gasteiger partial charge on any atom is -0.477 e. The molecule has 1 aliphatic rings. The molecule has 0 saturated carbocycles. The summed E-state index contributed by atoms with van der Waals surface area (Å²) in [5.41, 5.74) is 2.89. The van der Waals surface area contributed by atoms with E-state index >= 15 is 0 Å². The number of carbonyl (C=O) groups is 1. The molecular formula is C14H14N2O2S. The van der Waals surface area contributed by atoms with Gasteiger partial charge in [-0.2, -0.15) is 0 Å². The Bertz CT molecular complexity index is 687. The first-order chi connectivity index (χ1) is 9.16. The van der Waals surface area contributed by atoms with Gasteiger partial charge in [0, 0.05) is 12.2 Å². The number of imidazole rings is 1. The summed E-state index contributed by atoms with van der Waals surface area (Å²) in [6, 6.07) is 8.44. The van der Waals surface area contributed by atoms with Crippen LogP contribution >= 0.6 is 12.2 Å². The van der Waals surface area contributed by atoms with Crippen molar-refractivity contribution in [2.24, 2.45) is 0 Å². The van der Waals surface area contributed by atoms with Gasteiger partial charge in [0.05, 0.1) is 0 Å². The fourth-order valence-corrected chi connectivity index (χ4v) is 3.11. The highest BCUT2D eigenvalue weighted by Gasteiger charge is 2.24. The summed E-state index contributed by atoms with van der Waals surface area (Å²) in [6.07, 6.45) is 4.20. The number of aromatic nitrogens is 2. The maximum absolute atomic E-state index is 11.2. The molecule has 98 valence electrons. The van der Waals surface area contributed by atoms with E-state index in [4.69, 9.17) is 12.2 Å². The minimum absolute atomic E-state index is 0.125. The molecular weight excluding hydrogens is 260 g/mol. The zero-order valence-corrected chi connectivity index (χ0v) is 11.1. The predicted molar refractivity (Wildman–Crippen MR) is 74.1 cm³/mol. The van der Waals surface area contributed by atoms with Crippen molar-refractivity contribution in [2.45, 2.75) is 25.3 Å². The molecule has 19 heavy (non-hydrogen) atoms. The van der Waals surface area contributed by atoms with Gasteiger partial charge in [-0.1, -0.05) is 24.3 Å². The summed E-state index contributed by atoms with van der Waals surface area (Å²) >= 11 is 5.22. The van der Waals surface area contributed by atoms with Crippen LogP contribution in [0.4, 0.5) is 0 Å². The van der Waals surface area contributed by atoms with Gasteiger partial charge in [0.1, 0.15) is 5.69 Å². The molecule has 0 aliphatic heterocycles. The number of aromatic carboxylic acids is 1. The lowest BCUT2D eigenvalue weighted by atomic mass is 9.88. The highest BCUT2D eigenvalue weighted by atomic mass is 32.1. The topological polar surface area (TPSA) is 58.0 Å². The minimum atomic E-state index is -0.939. The number of nitrogens with zero attached hydrogens (tertiary/aromatic N) is 1. The smallest absolute Gasteiger partial charge is 0.354 e. The third kappa shape index (κ3) is 2.10. The van der Waals surface area contributed by atoms with E-state index in [1.165, 1.54) is 17.3 Å². The van der Waals surface area contributed by atoms with E-state index in [9.17, 15) is 9.90 Å². The molecule has 5 heteroatoms. The average molecular weight is 274 g/mol. The summed E-state index contributed by atoms with van der Waals surface area (Å²) < 4.78 is 2.23. The number of benzene rings is 1. The summed E-state index contributed by atoms with van der Waals surface area (Å²) in [6.45, 7) is 0. The second kappa shape index (κ2) is 4.66. The number of fused-ring (bicyclic) bond motifs is 1. The monoisotopic (exact) mass is 274 g/mol. The Balaban J connectivity index is 2.00. The first-order valence-electron chi connectivity index (χ1n) is 6.27. The molecule has 2 aromatic rings. The van der Waals surface area contributed by atoms with Crippen molar-refractivity contribution in [1.82, 2.24) is 9.55 Å². The van der Waals surface area contributed by atoms with Crippen molar-refractivity contribution in [3.63, 3.8) is 0 Å². The number of rotatable bonds is 2. The van der Waals surface area contributed by atoms with Gasteiger partial charge in [-0.05, 0) is 42.6 Å². The number of hydrogen-bond donors (Lipinski definition) is 2. The highest BCUT2D eigenvalue weighted by molar-refractivity contribution is 7.71. The Labute approximate surface area is 115 Å². The molecule has 1 aromatic heterocycles. The molecule has 1 aromatic carbocycles. The zero-order valence-electron chi connectivity index (χ0n) is 10.3. The highest BCUT2D eigenvalue weighted by Crippen LogP contribution is 2.30. The predicted octanol–water partition coefficient (Wildman–Crippen LogP) is 2.97. The van der Waals surface area contributed by atoms with Crippen LogP contribution in [0.15, 0.2) is 30.5 Å². The summed E-state index contributed by atoms with van der Waals surface area (Å²) in [5.74, 6) is -0.939. The average Bonchev–Trinajstić information content (AvgIpc) is 2.80. The molecule has 3 rings (SSSR count). The zero-order chi connectivity index (χ0) is 13.4. The molecule has 1 unspecified atom stereocenters. The van der Waals surface area contributed by atoms with Crippen LogP contribution in [0.1, 0.15) is 34.1 Å². The first-order valence-corrected chi connectivity index (χ1v) is 6.67. The second-order valence-electron chi connectivity index (χ2n) is 4.82. The SMILES string of the molecule is O=C(O)c1c[nH]c(=S)n1C1CCc2ccccc2C1. The van der Waals surface area contributed by atoms with Crippen molar-refractivity contribution in [1.29, 1.82) is 0 Å². The van der Waals surface area contributed by atoms with Crippen LogP contribution in [-0.2, 0) is 12.8 Å². The molecule has 1 heterocycles. The number of carboxylic acid groups (broad SMARTS) is 1. The lowest BCUT2D eigenvalue weighted by molar-refractivity contribution is 0.0681. The maximum atomic E-state index is 11.2.